The second-order valence-corrected chi connectivity index (χ2v) is 7.98. The lowest BCUT2D eigenvalue weighted by atomic mass is 9.84. The summed E-state index contributed by atoms with van der Waals surface area (Å²) >= 11 is 5.91. The molecule has 2 heterocycles. The fourth-order valence-corrected chi connectivity index (χ4v) is 3.94. The Hall–Kier alpha value is -1.83. The maximum atomic E-state index is 12.6. The van der Waals surface area contributed by atoms with E-state index in [4.69, 9.17) is 16.0 Å². The molecule has 28 heavy (non-hydrogen) atoms. The molecule has 2 aromatic rings. The van der Waals surface area contributed by atoms with Gasteiger partial charge < -0.3 is 19.5 Å². The molecule has 1 aliphatic rings. The lowest BCUT2D eigenvalue weighted by Crippen LogP contribution is -2.56. The van der Waals surface area contributed by atoms with Gasteiger partial charge in [-0.05, 0) is 25.0 Å². The molecule has 2 N–H and O–H groups in total. The van der Waals surface area contributed by atoms with Gasteiger partial charge in [0.1, 0.15) is 6.10 Å². The number of nitrogens with zero attached hydrogens (tertiary/aromatic N) is 2. The van der Waals surface area contributed by atoms with E-state index in [0.29, 0.717) is 35.5 Å². The maximum absolute atomic E-state index is 12.6. The molecule has 1 saturated heterocycles. The summed E-state index contributed by atoms with van der Waals surface area (Å²) in [5.74, 6) is -0.695. The number of likely N-dealkylation sites (tertiary alicyclic amines) is 1. The van der Waals surface area contributed by atoms with Crippen LogP contribution in [0.1, 0.15) is 45.4 Å². The number of aliphatic hydroxyl groups excluding tert-OH is 1. The van der Waals surface area contributed by atoms with Crippen LogP contribution in [0.3, 0.4) is 0 Å². The molecule has 2 atom stereocenters. The number of halogens is 1. The van der Waals surface area contributed by atoms with E-state index in [9.17, 15) is 19.8 Å². The number of hydrogen-bond donors (Lipinski definition) is 2. The Bertz CT molecular complexity index is 892. The van der Waals surface area contributed by atoms with Crippen molar-refractivity contribution in [2.24, 2.45) is 0 Å². The smallest absolute Gasteiger partial charge is 0.408 e. The monoisotopic (exact) mass is 410 g/mol. The molecule has 1 aromatic heterocycles. The van der Waals surface area contributed by atoms with Gasteiger partial charge in [0.2, 0.25) is 5.91 Å². The number of aliphatic hydroxyl groups is 2. The SMILES string of the molecule is CCCCC[C@]1(O)CCN(C(=O)CCn2c(=O)oc3cc(Cl)ccc32)C[C@@H]1O. The van der Waals surface area contributed by atoms with E-state index in [2.05, 4.69) is 6.92 Å². The molecule has 0 radical (unpaired) electrons. The largest absolute Gasteiger partial charge is 0.419 e. The van der Waals surface area contributed by atoms with Crippen LogP contribution in [0.15, 0.2) is 27.4 Å². The van der Waals surface area contributed by atoms with Crippen LogP contribution in [0, 0.1) is 0 Å². The van der Waals surface area contributed by atoms with Crippen LogP contribution in [0.4, 0.5) is 0 Å². The van der Waals surface area contributed by atoms with Crippen molar-refractivity contribution < 1.29 is 19.4 Å². The minimum atomic E-state index is -1.12. The van der Waals surface area contributed by atoms with Gasteiger partial charge in [-0.2, -0.15) is 0 Å². The van der Waals surface area contributed by atoms with Crippen molar-refractivity contribution in [3.8, 4) is 0 Å². The Labute approximate surface area is 168 Å². The molecule has 154 valence electrons. The summed E-state index contributed by atoms with van der Waals surface area (Å²) in [6, 6.07) is 4.92. The van der Waals surface area contributed by atoms with Gasteiger partial charge in [-0.3, -0.25) is 9.36 Å². The third-order valence-corrected chi connectivity index (χ3v) is 5.81. The van der Waals surface area contributed by atoms with Crippen LogP contribution in [0.25, 0.3) is 11.1 Å². The van der Waals surface area contributed by atoms with Crippen LogP contribution in [-0.4, -0.2) is 50.4 Å². The molecule has 0 unspecified atom stereocenters. The molecule has 1 fully saturated rings. The second-order valence-electron chi connectivity index (χ2n) is 7.55. The van der Waals surface area contributed by atoms with Crippen LogP contribution in [-0.2, 0) is 11.3 Å². The number of β-amino-alcohol motifs (C(OH)–C–C–N with tert-alkyl or cyclic N) is 1. The summed E-state index contributed by atoms with van der Waals surface area (Å²) in [7, 11) is 0. The van der Waals surface area contributed by atoms with Gasteiger partial charge in [0.05, 0.1) is 11.1 Å². The van der Waals surface area contributed by atoms with Gasteiger partial charge in [0.15, 0.2) is 5.58 Å². The van der Waals surface area contributed by atoms with E-state index < -0.39 is 17.5 Å². The quantitative estimate of drug-likeness (QED) is 0.684. The Morgan fingerprint density at radius 1 is 1.39 bits per heavy atom. The molecule has 1 amide bonds. The number of carbonyl (C=O) groups is 1. The minimum absolute atomic E-state index is 0.109. The van der Waals surface area contributed by atoms with Gasteiger partial charge >= 0.3 is 5.76 Å². The molecular weight excluding hydrogens is 384 g/mol. The fraction of sp³-hybridized carbons (Fsp3) is 0.600. The van der Waals surface area contributed by atoms with Crippen molar-refractivity contribution in [2.75, 3.05) is 13.1 Å². The number of aryl methyl sites for hydroxylation is 1. The highest BCUT2D eigenvalue weighted by Gasteiger charge is 2.41. The lowest BCUT2D eigenvalue weighted by molar-refractivity contribution is -0.151. The van der Waals surface area contributed by atoms with Gasteiger partial charge in [-0.15, -0.1) is 0 Å². The van der Waals surface area contributed by atoms with Crippen molar-refractivity contribution in [3.63, 3.8) is 0 Å². The highest BCUT2D eigenvalue weighted by atomic mass is 35.5. The number of unbranched alkanes of at least 4 members (excludes halogenated alkanes) is 2. The fourth-order valence-electron chi connectivity index (χ4n) is 3.78. The topological polar surface area (TPSA) is 95.9 Å². The molecule has 8 heteroatoms. The van der Waals surface area contributed by atoms with E-state index in [1.54, 1.807) is 23.1 Å². The van der Waals surface area contributed by atoms with Crippen LogP contribution in [0.5, 0.6) is 0 Å². The minimum Gasteiger partial charge on any atom is -0.408 e. The normalized spacial score (nSPS) is 22.7. The van der Waals surface area contributed by atoms with Crippen molar-refractivity contribution in [3.05, 3.63) is 33.8 Å². The number of fused-ring (bicyclic) bond motifs is 1. The van der Waals surface area contributed by atoms with Gasteiger partial charge in [-0.1, -0.05) is 37.8 Å². The molecular formula is C20H27ClN2O5. The predicted molar refractivity (Wildman–Crippen MR) is 106 cm³/mol. The first-order valence-electron chi connectivity index (χ1n) is 9.81. The average Bonchev–Trinajstić information content (AvgIpc) is 2.96. The van der Waals surface area contributed by atoms with E-state index in [1.807, 2.05) is 0 Å². The van der Waals surface area contributed by atoms with E-state index in [1.165, 1.54) is 4.57 Å². The van der Waals surface area contributed by atoms with Crippen LogP contribution < -0.4 is 5.76 Å². The highest BCUT2D eigenvalue weighted by molar-refractivity contribution is 6.31. The molecule has 0 bridgehead atoms. The Balaban J connectivity index is 1.59. The molecule has 3 rings (SSSR count). The third kappa shape index (κ3) is 4.42. The Morgan fingerprint density at radius 2 is 2.18 bits per heavy atom. The molecule has 0 saturated carbocycles. The van der Waals surface area contributed by atoms with E-state index in [-0.39, 0.29) is 25.4 Å². The number of benzene rings is 1. The number of aromatic nitrogens is 1. The number of piperidine rings is 1. The van der Waals surface area contributed by atoms with Crippen molar-refractivity contribution in [1.82, 2.24) is 9.47 Å². The van der Waals surface area contributed by atoms with Gasteiger partial charge in [0, 0.05) is 37.1 Å². The van der Waals surface area contributed by atoms with Crippen LogP contribution >= 0.6 is 11.6 Å². The van der Waals surface area contributed by atoms with Crippen LogP contribution in [0.2, 0.25) is 5.02 Å². The molecule has 1 aromatic carbocycles. The zero-order valence-electron chi connectivity index (χ0n) is 16.1. The highest BCUT2D eigenvalue weighted by Crippen LogP contribution is 2.28. The standard InChI is InChI=1S/C20H27ClN2O5/c1-2-3-4-8-20(27)9-11-22(13-17(20)24)18(25)7-10-23-15-6-5-14(21)12-16(15)28-19(23)26/h5-6,12,17,24,27H,2-4,7-11,13H2,1H3/t17-,20-/m0/s1. The van der Waals surface area contributed by atoms with E-state index in [0.717, 1.165) is 19.3 Å². The molecule has 0 aliphatic carbocycles. The van der Waals surface area contributed by atoms with Crippen molar-refractivity contribution in [1.29, 1.82) is 0 Å². The summed E-state index contributed by atoms with van der Waals surface area (Å²) in [5, 5.41) is 21.5. The zero-order chi connectivity index (χ0) is 20.3. The number of oxazole rings is 1. The predicted octanol–water partition coefficient (Wildman–Crippen LogP) is 2.54. The van der Waals surface area contributed by atoms with Crippen molar-refractivity contribution in [2.45, 2.75) is 63.7 Å². The second kappa shape index (κ2) is 8.68. The Morgan fingerprint density at radius 3 is 2.89 bits per heavy atom. The average molecular weight is 411 g/mol. The summed E-state index contributed by atoms with van der Waals surface area (Å²) in [4.78, 5) is 26.2. The lowest BCUT2D eigenvalue weighted by Gasteiger charge is -2.42. The van der Waals surface area contributed by atoms with E-state index >= 15 is 0 Å². The number of amides is 1. The first kappa shape index (κ1) is 20.9. The van der Waals surface area contributed by atoms with Gasteiger partial charge in [-0.25, -0.2) is 4.79 Å². The zero-order valence-corrected chi connectivity index (χ0v) is 16.8. The summed E-state index contributed by atoms with van der Waals surface area (Å²) in [6.45, 7) is 2.78. The molecule has 0 spiro atoms. The Kier molecular flexibility index (Phi) is 6.47. The number of carbonyl (C=O) groups excluding carboxylic acids is 1. The van der Waals surface area contributed by atoms with Crippen molar-refractivity contribution >= 4 is 28.6 Å². The first-order valence-corrected chi connectivity index (χ1v) is 10.2. The third-order valence-electron chi connectivity index (χ3n) is 5.57. The number of hydrogen-bond acceptors (Lipinski definition) is 5. The van der Waals surface area contributed by atoms with Gasteiger partial charge in [0.25, 0.3) is 0 Å². The summed E-state index contributed by atoms with van der Waals surface area (Å²) in [6.07, 6.45) is 2.97. The summed E-state index contributed by atoms with van der Waals surface area (Å²) < 4.78 is 6.58. The molecule has 7 nitrogen and oxygen atoms in total. The maximum Gasteiger partial charge on any atom is 0.419 e. The first-order chi connectivity index (χ1) is 13.3. The summed E-state index contributed by atoms with van der Waals surface area (Å²) in [5.41, 5.74) is -0.148. The number of rotatable bonds is 7. The molecule has 1 aliphatic heterocycles.